The Labute approximate surface area is 183 Å². The van der Waals surface area contributed by atoms with Crippen LogP contribution in [-0.4, -0.2) is 69.0 Å². The first-order chi connectivity index (χ1) is 15.3. The quantitative estimate of drug-likeness (QED) is 0.761. The lowest BCUT2D eigenvalue weighted by Crippen LogP contribution is -2.41. The number of nitrogens with one attached hydrogen (secondary N) is 1. The van der Waals surface area contributed by atoms with E-state index in [0.29, 0.717) is 19.1 Å². The molecular weight excluding hydrogens is 400 g/mol. The number of fused-ring (bicyclic) bond motifs is 2. The number of benzene rings is 1. The molecular formula is C23H32N2O6. The summed E-state index contributed by atoms with van der Waals surface area (Å²) in [6.07, 6.45) is 5.06. The zero-order valence-corrected chi connectivity index (χ0v) is 17.9. The molecule has 8 nitrogen and oxygen atoms in total. The van der Waals surface area contributed by atoms with Gasteiger partial charge in [-0.05, 0) is 30.9 Å². The SMILES string of the molecule is c1cc2c(c(O[C@@H]3CCOC3)c1)C(OCC1CCN3CC4(CCOCC4)OC3C1)NO2. The summed E-state index contributed by atoms with van der Waals surface area (Å²) in [6, 6.07) is 5.89. The number of piperidine rings is 1. The van der Waals surface area contributed by atoms with Crippen molar-refractivity contribution in [3.8, 4) is 11.5 Å². The Kier molecular flexibility index (Phi) is 5.54. The van der Waals surface area contributed by atoms with E-state index in [4.69, 9.17) is 28.5 Å². The van der Waals surface area contributed by atoms with Crippen molar-refractivity contribution in [2.45, 2.75) is 56.3 Å². The second-order valence-corrected chi connectivity index (χ2v) is 9.43. The molecule has 4 atom stereocenters. The van der Waals surface area contributed by atoms with E-state index in [9.17, 15) is 0 Å². The van der Waals surface area contributed by atoms with E-state index in [1.165, 1.54) is 0 Å². The van der Waals surface area contributed by atoms with E-state index in [-0.39, 0.29) is 24.2 Å². The van der Waals surface area contributed by atoms with Gasteiger partial charge in [-0.3, -0.25) is 4.90 Å². The van der Waals surface area contributed by atoms with Gasteiger partial charge in [0.2, 0.25) is 0 Å². The molecule has 5 aliphatic heterocycles. The van der Waals surface area contributed by atoms with Crippen LogP contribution in [0.3, 0.4) is 0 Å². The highest BCUT2D eigenvalue weighted by atomic mass is 16.7. The molecule has 1 spiro atoms. The molecule has 5 aliphatic rings. The molecule has 1 aromatic carbocycles. The average molecular weight is 433 g/mol. The average Bonchev–Trinajstić information content (AvgIpc) is 3.51. The summed E-state index contributed by atoms with van der Waals surface area (Å²) in [5.41, 5.74) is 3.99. The van der Waals surface area contributed by atoms with Gasteiger partial charge in [0, 0.05) is 45.6 Å². The Morgan fingerprint density at radius 3 is 2.94 bits per heavy atom. The van der Waals surface area contributed by atoms with Crippen LogP contribution >= 0.6 is 0 Å². The van der Waals surface area contributed by atoms with Crippen LogP contribution in [0.2, 0.25) is 0 Å². The zero-order chi connectivity index (χ0) is 20.7. The monoisotopic (exact) mass is 432 g/mol. The zero-order valence-electron chi connectivity index (χ0n) is 17.9. The Balaban J connectivity index is 1.07. The van der Waals surface area contributed by atoms with E-state index in [1.807, 2.05) is 18.2 Å². The lowest BCUT2D eigenvalue weighted by atomic mass is 9.93. The summed E-state index contributed by atoms with van der Waals surface area (Å²) < 4.78 is 30.1. The molecule has 0 aliphatic carbocycles. The topological polar surface area (TPSA) is 70.7 Å². The van der Waals surface area contributed by atoms with Crippen molar-refractivity contribution >= 4 is 0 Å². The van der Waals surface area contributed by atoms with Crippen LogP contribution in [0.1, 0.15) is 43.9 Å². The van der Waals surface area contributed by atoms with Gasteiger partial charge >= 0.3 is 0 Å². The van der Waals surface area contributed by atoms with Crippen LogP contribution in [0, 0.1) is 5.92 Å². The molecule has 5 heterocycles. The lowest BCUT2D eigenvalue weighted by molar-refractivity contribution is -0.124. The smallest absolute Gasteiger partial charge is 0.173 e. The van der Waals surface area contributed by atoms with Gasteiger partial charge in [0.1, 0.15) is 18.1 Å². The van der Waals surface area contributed by atoms with E-state index < -0.39 is 0 Å². The highest BCUT2D eigenvalue weighted by Crippen LogP contribution is 2.42. The highest BCUT2D eigenvalue weighted by molar-refractivity contribution is 5.48. The maximum Gasteiger partial charge on any atom is 0.173 e. The van der Waals surface area contributed by atoms with Crippen LogP contribution in [-0.2, 0) is 18.9 Å². The predicted octanol–water partition coefficient (Wildman–Crippen LogP) is 2.38. The largest absolute Gasteiger partial charge is 0.487 e. The first kappa shape index (κ1) is 20.2. The summed E-state index contributed by atoms with van der Waals surface area (Å²) in [6.45, 7) is 5.81. The van der Waals surface area contributed by atoms with Crippen LogP contribution < -0.4 is 15.1 Å². The number of hydroxylamine groups is 1. The van der Waals surface area contributed by atoms with Crippen molar-refractivity contribution < 1.29 is 28.5 Å². The molecule has 6 rings (SSSR count). The van der Waals surface area contributed by atoms with Crippen LogP contribution in [0.4, 0.5) is 0 Å². The summed E-state index contributed by atoms with van der Waals surface area (Å²) in [5.74, 6) is 2.06. The summed E-state index contributed by atoms with van der Waals surface area (Å²) in [7, 11) is 0. The number of rotatable bonds is 5. The molecule has 0 bridgehead atoms. The fraction of sp³-hybridized carbons (Fsp3) is 0.739. The minimum atomic E-state index is -0.321. The molecule has 0 amide bonds. The molecule has 0 radical (unpaired) electrons. The summed E-state index contributed by atoms with van der Waals surface area (Å²) in [4.78, 5) is 8.19. The van der Waals surface area contributed by atoms with Crippen molar-refractivity contribution in [1.82, 2.24) is 10.4 Å². The van der Waals surface area contributed by atoms with Crippen molar-refractivity contribution in [3.05, 3.63) is 23.8 Å². The predicted molar refractivity (Wildman–Crippen MR) is 111 cm³/mol. The van der Waals surface area contributed by atoms with Gasteiger partial charge in [-0.25, -0.2) is 0 Å². The van der Waals surface area contributed by atoms with E-state index in [1.54, 1.807) is 0 Å². The standard InChI is InChI=1S/C23H32N2O6/c1-2-18(29-17-5-9-27-14-17)21-19(3-1)31-24-22(21)28-13-16-4-8-25-15-23(30-20(25)12-16)6-10-26-11-7-23/h1-3,16-17,20,22,24H,4-15H2/t16?,17-,20?,22?/m1/s1. The summed E-state index contributed by atoms with van der Waals surface area (Å²) in [5, 5.41) is 0. The maximum atomic E-state index is 6.56. The second kappa shape index (κ2) is 8.50. The molecule has 3 unspecified atom stereocenters. The third-order valence-corrected chi connectivity index (χ3v) is 7.29. The van der Waals surface area contributed by atoms with Gasteiger partial charge in [-0.2, -0.15) is 0 Å². The van der Waals surface area contributed by atoms with Gasteiger partial charge in [0.05, 0.1) is 31.0 Å². The van der Waals surface area contributed by atoms with E-state index >= 15 is 0 Å². The third kappa shape index (κ3) is 4.05. The molecule has 4 fully saturated rings. The minimum Gasteiger partial charge on any atom is -0.487 e. The second-order valence-electron chi connectivity index (χ2n) is 9.43. The molecule has 170 valence electrons. The number of ether oxygens (including phenoxy) is 5. The Hall–Kier alpha value is -1.42. The fourth-order valence-electron chi connectivity index (χ4n) is 5.50. The number of nitrogens with zero attached hydrogens (tertiary/aromatic N) is 1. The van der Waals surface area contributed by atoms with Crippen molar-refractivity contribution in [2.24, 2.45) is 5.92 Å². The van der Waals surface area contributed by atoms with Gasteiger partial charge in [-0.1, -0.05) is 6.07 Å². The normalized spacial score (nSPS) is 34.5. The molecule has 31 heavy (non-hydrogen) atoms. The molecule has 1 aromatic rings. The minimum absolute atomic E-state index is 0.00858. The maximum absolute atomic E-state index is 6.56. The third-order valence-electron chi connectivity index (χ3n) is 7.29. The van der Waals surface area contributed by atoms with Gasteiger partial charge in [-0.15, -0.1) is 5.48 Å². The van der Waals surface area contributed by atoms with Crippen molar-refractivity contribution in [3.63, 3.8) is 0 Å². The summed E-state index contributed by atoms with van der Waals surface area (Å²) >= 11 is 0. The Morgan fingerprint density at radius 2 is 2.06 bits per heavy atom. The molecule has 0 saturated carbocycles. The molecule has 8 heteroatoms. The van der Waals surface area contributed by atoms with Crippen LogP contribution in [0.15, 0.2) is 18.2 Å². The van der Waals surface area contributed by atoms with Crippen LogP contribution in [0.5, 0.6) is 11.5 Å². The van der Waals surface area contributed by atoms with Crippen molar-refractivity contribution in [1.29, 1.82) is 0 Å². The molecule has 0 aromatic heterocycles. The Bertz CT molecular complexity index is 779. The van der Waals surface area contributed by atoms with E-state index in [2.05, 4.69) is 10.4 Å². The molecule has 1 N–H and O–H groups in total. The number of hydrogen-bond donors (Lipinski definition) is 1. The fourth-order valence-corrected chi connectivity index (χ4v) is 5.50. The highest BCUT2D eigenvalue weighted by Gasteiger charge is 2.47. The number of hydrogen-bond acceptors (Lipinski definition) is 8. The van der Waals surface area contributed by atoms with Crippen LogP contribution in [0.25, 0.3) is 0 Å². The van der Waals surface area contributed by atoms with Gasteiger partial charge < -0.3 is 28.5 Å². The first-order valence-corrected chi connectivity index (χ1v) is 11.7. The van der Waals surface area contributed by atoms with E-state index in [0.717, 1.165) is 82.1 Å². The van der Waals surface area contributed by atoms with Crippen molar-refractivity contribution in [2.75, 3.05) is 46.1 Å². The molecule has 4 saturated heterocycles. The van der Waals surface area contributed by atoms with Gasteiger partial charge in [0.15, 0.2) is 12.0 Å². The van der Waals surface area contributed by atoms with Gasteiger partial charge in [0.25, 0.3) is 0 Å². The first-order valence-electron chi connectivity index (χ1n) is 11.7. The lowest BCUT2D eigenvalue weighted by Gasteiger charge is -2.33. The Morgan fingerprint density at radius 1 is 1.13 bits per heavy atom.